The van der Waals surface area contributed by atoms with E-state index in [1.54, 1.807) is 24.3 Å². The molecule has 0 atom stereocenters. The van der Waals surface area contributed by atoms with E-state index in [4.69, 9.17) is 0 Å². The normalized spacial score (nSPS) is 18.3. The first-order chi connectivity index (χ1) is 28.1. The van der Waals surface area contributed by atoms with Crippen molar-refractivity contribution in [2.75, 3.05) is 18.0 Å². The van der Waals surface area contributed by atoms with Crippen LogP contribution in [0.3, 0.4) is 0 Å². The average Bonchev–Trinajstić information content (AvgIpc) is 3.80. The van der Waals surface area contributed by atoms with Gasteiger partial charge >= 0.3 is 11.9 Å². The zero-order chi connectivity index (χ0) is 41.7. The molecule has 9 rings (SSSR count). The number of carbonyl (C=O) groups is 3. The lowest BCUT2D eigenvalue weighted by Crippen LogP contribution is -2.51. The Labute approximate surface area is 340 Å². The molecular weight excluding hydrogens is 765 g/mol. The maximum atomic E-state index is 13.8. The first-order valence-corrected chi connectivity index (χ1v) is 20.2. The van der Waals surface area contributed by atoms with Gasteiger partial charge < -0.3 is 20.2 Å². The van der Waals surface area contributed by atoms with Gasteiger partial charge in [-0.2, -0.15) is 4.58 Å². The lowest BCUT2D eigenvalue weighted by Gasteiger charge is -2.29. The minimum atomic E-state index is -0.962. The van der Waals surface area contributed by atoms with Gasteiger partial charge in [-0.25, -0.2) is 0 Å². The average molecular weight is 804 g/mol. The second kappa shape index (κ2) is 13.4. The molecule has 6 aromatic rings. The number of fused-ring (bicyclic) bond motifs is 4. The predicted molar refractivity (Wildman–Crippen MR) is 229 cm³/mol. The summed E-state index contributed by atoms with van der Waals surface area (Å²) < 4.78 is 2.68. The molecular formula is C48H39N2O8S+. The van der Waals surface area contributed by atoms with Crippen LogP contribution in [-0.4, -0.2) is 56.4 Å². The van der Waals surface area contributed by atoms with Crippen molar-refractivity contribution in [3.63, 3.8) is 0 Å². The lowest BCUT2D eigenvalue weighted by atomic mass is 9.80. The number of aliphatic hydroxyl groups is 1. The van der Waals surface area contributed by atoms with Crippen LogP contribution in [-0.2, 0) is 25.2 Å². The summed E-state index contributed by atoms with van der Waals surface area (Å²) in [6, 6.07) is 27.2. The molecule has 3 N–H and O–H groups in total. The number of hydrogen-bond donors (Lipinski definition) is 3. The first kappa shape index (κ1) is 37.8. The Morgan fingerprint density at radius 1 is 0.729 bits per heavy atom. The molecule has 2 aliphatic heterocycles. The monoisotopic (exact) mass is 803 g/mol. The fourth-order valence-electron chi connectivity index (χ4n) is 8.96. The van der Waals surface area contributed by atoms with Crippen molar-refractivity contribution in [1.29, 1.82) is 0 Å². The summed E-state index contributed by atoms with van der Waals surface area (Å²) in [5, 5.41) is 34.6. The lowest BCUT2D eigenvalue weighted by molar-refractivity contribution is -0.435. The summed E-state index contributed by atoms with van der Waals surface area (Å²) in [5.41, 5.74) is 2.99. The zero-order valence-corrected chi connectivity index (χ0v) is 33.6. The van der Waals surface area contributed by atoms with Crippen LogP contribution < -0.4 is 25.5 Å². The largest absolute Gasteiger partial charge is 0.506 e. The van der Waals surface area contributed by atoms with Crippen molar-refractivity contribution in [1.82, 2.24) is 0 Å². The number of hydrogen-bond acceptors (Lipinski definition) is 8. The number of anilines is 1. The predicted octanol–water partition coefficient (Wildman–Crippen LogP) is 5.97. The second-order valence-electron chi connectivity index (χ2n) is 16.4. The standard InChI is InChI=1S/C48H38N2O8S/c1-47(2)31-19-25-9-5-7-11-27(25)21-33(31)49(17-15-39(51)52)37(47)23-29-43(55)41(44(29)56)35-13-14-36(59-35)42-45(57)30(46(42)58)24-38-48(3,4)32-20-26-10-6-8-12-28(26)22-34(32)50(38)18-16-40(53)54/h5-14,19-24H,15-18H2,1-4H3,(H2-,51,52,53,54,55,56)/p+1. The maximum absolute atomic E-state index is 13.8. The summed E-state index contributed by atoms with van der Waals surface area (Å²) >= 11 is 1.07. The number of aliphatic carboxylic acids is 2. The molecule has 3 aliphatic rings. The van der Waals surface area contributed by atoms with Crippen LogP contribution in [0.15, 0.2) is 118 Å². The van der Waals surface area contributed by atoms with Gasteiger partial charge in [0.15, 0.2) is 12.3 Å². The summed E-state index contributed by atoms with van der Waals surface area (Å²) in [7, 11) is 0. The highest BCUT2D eigenvalue weighted by atomic mass is 32.1. The van der Waals surface area contributed by atoms with Crippen LogP contribution >= 0.6 is 11.3 Å². The molecule has 5 aromatic carbocycles. The van der Waals surface area contributed by atoms with Gasteiger partial charge in [-0.15, -0.1) is 11.3 Å². The smallest absolute Gasteiger partial charge is 0.309 e. The number of carboxylic acids is 2. The van der Waals surface area contributed by atoms with Crippen molar-refractivity contribution in [2.24, 2.45) is 0 Å². The Morgan fingerprint density at radius 2 is 1.31 bits per heavy atom. The zero-order valence-electron chi connectivity index (χ0n) is 32.8. The molecule has 0 amide bonds. The van der Waals surface area contributed by atoms with Crippen molar-refractivity contribution in [3.05, 3.63) is 159 Å². The number of nitrogens with zero attached hydrogens (tertiary/aromatic N) is 2. The molecule has 0 fully saturated rings. The molecule has 0 unspecified atom stereocenters. The van der Waals surface area contributed by atoms with Crippen molar-refractivity contribution < 1.29 is 34.3 Å². The number of carboxylic acid groups (broad SMARTS) is 2. The number of ketones is 1. The Hall–Kier alpha value is -6.72. The van der Waals surface area contributed by atoms with E-state index >= 15 is 0 Å². The van der Waals surface area contributed by atoms with E-state index in [-0.39, 0.29) is 53.3 Å². The van der Waals surface area contributed by atoms with Gasteiger partial charge in [0.2, 0.25) is 22.3 Å². The van der Waals surface area contributed by atoms with Gasteiger partial charge in [0.25, 0.3) is 0 Å². The van der Waals surface area contributed by atoms with Gasteiger partial charge in [-0.05, 0) is 77.4 Å². The first-order valence-electron chi connectivity index (χ1n) is 19.4. The van der Waals surface area contributed by atoms with Gasteiger partial charge in [0.05, 0.1) is 33.4 Å². The number of rotatable bonds is 8. The number of thiophene rings is 1. The van der Waals surface area contributed by atoms with Gasteiger partial charge in [-0.3, -0.25) is 24.0 Å². The highest BCUT2D eigenvalue weighted by Gasteiger charge is 2.46. The number of Topliss-reactive ketones (excluding diaryl/α,β-unsaturated/α-hetero) is 1. The van der Waals surface area contributed by atoms with E-state index in [2.05, 4.69) is 12.1 Å². The number of aliphatic hydroxyl groups excluding tert-OH is 1. The molecule has 0 radical (unpaired) electrons. The SMILES string of the molecule is CC1(C)C(=CC2=C(O)C(=c3ccc(=c4c(=O)c(=CC5=[N+](CCC(=O)O)c6cc7ccccc7cc6C5(C)C)c4=O)s3)C2=O)N(CCC(=O)O)c2cc3ccccc3cc21. The Bertz CT molecular complexity index is 3290. The number of allylic oxidation sites excluding steroid dienone is 4. The summed E-state index contributed by atoms with van der Waals surface area (Å²) in [4.78, 5) is 66.7. The molecule has 0 saturated carbocycles. The third-order valence-corrected chi connectivity index (χ3v) is 13.3. The van der Waals surface area contributed by atoms with E-state index in [1.807, 2.05) is 97.8 Å². The molecule has 10 nitrogen and oxygen atoms in total. The Balaban J connectivity index is 1.12. The highest BCUT2D eigenvalue weighted by molar-refractivity contribution is 7.08. The van der Waals surface area contributed by atoms with Crippen molar-refractivity contribution in [2.45, 2.75) is 51.4 Å². The van der Waals surface area contributed by atoms with E-state index in [0.29, 0.717) is 20.5 Å². The molecule has 294 valence electrons. The van der Waals surface area contributed by atoms with E-state index in [9.17, 15) is 39.3 Å². The molecule has 0 saturated heterocycles. The molecule has 0 bridgehead atoms. The van der Waals surface area contributed by atoms with Crippen LogP contribution in [0.5, 0.6) is 0 Å². The minimum Gasteiger partial charge on any atom is -0.506 e. The van der Waals surface area contributed by atoms with Gasteiger partial charge in [0.1, 0.15) is 12.2 Å². The van der Waals surface area contributed by atoms with Crippen molar-refractivity contribution >= 4 is 79.3 Å². The fraction of sp³-hybridized carbons (Fsp3) is 0.208. The van der Waals surface area contributed by atoms with E-state index in [1.165, 1.54) is 0 Å². The topological polar surface area (TPSA) is 152 Å². The molecule has 59 heavy (non-hydrogen) atoms. The molecule has 1 aliphatic carbocycles. The molecule has 0 spiro atoms. The van der Waals surface area contributed by atoms with Gasteiger partial charge in [0, 0.05) is 50.1 Å². The van der Waals surface area contributed by atoms with Gasteiger partial charge in [-0.1, -0.05) is 62.4 Å². The minimum absolute atomic E-state index is 0.000242. The third-order valence-electron chi connectivity index (χ3n) is 12.2. The number of carbonyl (C=O) groups excluding carboxylic acids is 1. The summed E-state index contributed by atoms with van der Waals surface area (Å²) in [6.07, 6.45) is 2.97. The molecule has 3 heterocycles. The van der Waals surface area contributed by atoms with Crippen LogP contribution in [0.1, 0.15) is 51.7 Å². The highest BCUT2D eigenvalue weighted by Crippen LogP contribution is 2.50. The van der Waals surface area contributed by atoms with Crippen molar-refractivity contribution in [3.8, 4) is 0 Å². The second-order valence-corrected chi connectivity index (χ2v) is 17.5. The Kier molecular flexibility index (Phi) is 8.61. The maximum Gasteiger partial charge on any atom is 0.309 e. The van der Waals surface area contributed by atoms with Crippen LogP contribution in [0.4, 0.5) is 11.4 Å². The number of benzene rings is 4. The Morgan fingerprint density at radius 3 is 1.92 bits per heavy atom. The van der Waals surface area contributed by atoms with Crippen LogP contribution in [0, 0.1) is 9.75 Å². The molecule has 11 heteroatoms. The third kappa shape index (κ3) is 5.82. The fourth-order valence-corrected chi connectivity index (χ4v) is 10.0. The van der Waals surface area contributed by atoms with E-state index < -0.39 is 39.4 Å². The summed E-state index contributed by atoms with van der Waals surface area (Å²) in [5.74, 6) is -2.53. The van der Waals surface area contributed by atoms with Crippen LogP contribution in [0.25, 0.3) is 33.2 Å². The summed E-state index contributed by atoms with van der Waals surface area (Å²) in [6.45, 7) is 8.34. The quantitative estimate of drug-likeness (QED) is 0.158. The molecule has 1 aromatic heterocycles. The van der Waals surface area contributed by atoms with E-state index in [0.717, 1.165) is 55.4 Å². The van der Waals surface area contributed by atoms with Crippen LogP contribution in [0.2, 0.25) is 0 Å².